The first kappa shape index (κ1) is 19.2. The Kier molecular flexibility index (Phi) is 6.23. The highest BCUT2D eigenvalue weighted by Crippen LogP contribution is 2.38. The minimum Gasteiger partial charge on any atom is -0.492 e. The summed E-state index contributed by atoms with van der Waals surface area (Å²) in [5, 5.41) is 3.07. The number of rotatable bonds is 6. The van der Waals surface area contributed by atoms with Gasteiger partial charge in [-0.25, -0.2) is 0 Å². The summed E-state index contributed by atoms with van der Waals surface area (Å²) in [4.78, 5) is 15.0. The van der Waals surface area contributed by atoms with Gasteiger partial charge in [-0.2, -0.15) is 0 Å². The molecule has 4 heteroatoms. The summed E-state index contributed by atoms with van der Waals surface area (Å²) in [5.41, 5.74) is 0.659. The van der Waals surface area contributed by atoms with E-state index in [9.17, 15) is 4.79 Å². The molecule has 144 valence electrons. The maximum atomic E-state index is 12.5. The van der Waals surface area contributed by atoms with Crippen LogP contribution >= 0.6 is 0 Å². The maximum Gasteiger partial charge on any atom is 0.230 e. The van der Waals surface area contributed by atoms with Crippen molar-refractivity contribution in [2.75, 3.05) is 31.6 Å². The van der Waals surface area contributed by atoms with E-state index in [-0.39, 0.29) is 11.3 Å². The van der Waals surface area contributed by atoms with E-state index in [1.165, 1.54) is 19.5 Å². The molecule has 1 saturated heterocycles. The number of amides is 1. The Balaban J connectivity index is 1.43. The Bertz CT molecular complexity index is 583. The Hall–Kier alpha value is -1.55. The van der Waals surface area contributed by atoms with Gasteiger partial charge in [-0.3, -0.25) is 9.69 Å². The van der Waals surface area contributed by atoms with Crippen LogP contribution in [0, 0.1) is 17.3 Å². The second-order valence-corrected chi connectivity index (χ2v) is 8.80. The van der Waals surface area contributed by atoms with E-state index in [0.717, 1.165) is 55.5 Å². The van der Waals surface area contributed by atoms with Crippen molar-refractivity contribution < 1.29 is 9.53 Å². The average Bonchev–Trinajstić information content (AvgIpc) is 3.04. The van der Waals surface area contributed by atoms with Crippen LogP contribution in [0.4, 0.5) is 5.69 Å². The molecule has 1 aliphatic heterocycles. The summed E-state index contributed by atoms with van der Waals surface area (Å²) < 4.78 is 5.90. The highest BCUT2D eigenvalue weighted by Gasteiger charge is 2.36. The van der Waals surface area contributed by atoms with Gasteiger partial charge in [0.1, 0.15) is 12.4 Å². The topological polar surface area (TPSA) is 41.6 Å². The predicted molar refractivity (Wildman–Crippen MR) is 107 cm³/mol. The molecule has 26 heavy (non-hydrogen) atoms. The molecule has 0 bridgehead atoms. The lowest BCUT2D eigenvalue weighted by atomic mass is 9.88. The Morgan fingerprint density at radius 1 is 1.15 bits per heavy atom. The van der Waals surface area contributed by atoms with Crippen LogP contribution in [0.25, 0.3) is 0 Å². The van der Waals surface area contributed by atoms with Gasteiger partial charge >= 0.3 is 0 Å². The molecule has 1 heterocycles. The molecule has 1 aromatic carbocycles. The number of carbonyl (C=O) groups is 1. The molecule has 3 rings (SSSR count). The number of carbonyl (C=O) groups excluding carboxylic acids is 1. The molecule has 1 aliphatic carbocycles. The van der Waals surface area contributed by atoms with E-state index in [1.807, 2.05) is 24.3 Å². The van der Waals surface area contributed by atoms with Crippen molar-refractivity contribution in [2.24, 2.45) is 17.3 Å². The van der Waals surface area contributed by atoms with Crippen molar-refractivity contribution in [3.8, 4) is 5.75 Å². The van der Waals surface area contributed by atoms with E-state index in [1.54, 1.807) is 0 Å². The van der Waals surface area contributed by atoms with Crippen LogP contribution < -0.4 is 10.1 Å². The lowest BCUT2D eigenvalue weighted by molar-refractivity contribution is -0.124. The highest BCUT2D eigenvalue weighted by atomic mass is 16.5. The predicted octanol–water partition coefficient (Wildman–Crippen LogP) is 4.56. The molecule has 2 fully saturated rings. The normalized spacial score (nSPS) is 25.8. The van der Waals surface area contributed by atoms with Crippen LogP contribution in [0.5, 0.6) is 5.75 Å². The fourth-order valence-corrected chi connectivity index (χ4v) is 4.57. The first-order chi connectivity index (χ1) is 12.4. The molecule has 1 saturated carbocycles. The van der Waals surface area contributed by atoms with Gasteiger partial charge in [0.2, 0.25) is 5.91 Å². The number of likely N-dealkylation sites (tertiary alicyclic amines) is 1. The van der Waals surface area contributed by atoms with Crippen LogP contribution in [-0.4, -0.2) is 37.0 Å². The molecule has 0 radical (unpaired) electrons. The minimum atomic E-state index is -0.197. The third kappa shape index (κ3) is 5.00. The van der Waals surface area contributed by atoms with Gasteiger partial charge < -0.3 is 10.1 Å². The van der Waals surface area contributed by atoms with Crippen molar-refractivity contribution in [2.45, 2.75) is 52.9 Å². The number of ether oxygens (including phenoxy) is 1. The van der Waals surface area contributed by atoms with E-state index in [4.69, 9.17) is 4.74 Å². The number of hydrogen-bond acceptors (Lipinski definition) is 3. The zero-order valence-corrected chi connectivity index (χ0v) is 16.6. The van der Waals surface area contributed by atoms with Gasteiger partial charge in [0.05, 0.1) is 0 Å². The van der Waals surface area contributed by atoms with Gasteiger partial charge in [0.25, 0.3) is 0 Å². The largest absolute Gasteiger partial charge is 0.492 e. The van der Waals surface area contributed by atoms with Gasteiger partial charge in [0, 0.05) is 30.7 Å². The first-order valence-electron chi connectivity index (χ1n) is 10.2. The number of piperidine rings is 1. The fourth-order valence-electron chi connectivity index (χ4n) is 4.57. The molecular formula is C22H34N2O2. The maximum absolute atomic E-state index is 12.5. The van der Waals surface area contributed by atoms with Crippen LogP contribution in [0.1, 0.15) is 52.9 Å². The molecule has 2 aliphatic rings. The van der Waals surface area contributed by atoms with Crippen molar-refractivity contribution in [3.63, 3.8) is 0 Å². The molecule has 2 atom stereocenters. The van der Waals surface area contributed by atoms with Gasteiger partial charge in [0.15, 0.2) is 0 Å². The smallest absolute Gasteiger partial charge is 0.230 e. The third-order valence-electron chi connectivity index (χ3n) is 5.99. The van der Waals surface area contributed by atoms with Gasteiger partial charge in [-0.1, -0.05) is 33.6 Å². The first-order valence-corrected chi connectivity index (χ1v) is 10.2. The lowest BCUT2D eigenvalue weighted by Gasteiger charge is -2.34. The van der Waals surface area contributed by atoms with E-state index in [2.05, 4.69) is 31.0 Å². The minimum absolute atomic E-state index is 0.150. The monoisotopic (exact) mass is 358 g/mol. The number of nitrogens with zero attached hydrogens (tertiary/aromatic N) is 1. The summed E-state index contributed by atoms with van der Waals surface area (Å²) in [6.45, 7) is 10.8. The zero-order chi connectivity index (χ0) is 18.6. The van der Waals surface area contributed by atoms with E-state index >= 15 is 0 Å². The van der Waals surface area contributed by atoms with Gasteiger partial charge in [-0.05, 0) is 55.4 Å². The summed E-state index contributed by atoms with van der Waals surface area (Å²) in [6, 6.07) is 7.79. The third-order valence-corrected chi connectivity index (χ3v) is 5.99. The second kappa shape index (κ2) is 8.43. The molecular weight excluding hydrogens is 324 g/mol. The second-order valence-electron chi connectivity index (χ2n) is 8.80. The van der Waals surface area contributed by atoms with Crippen molar-refractivity contribution in [3.05, 3.63) is 24.3 Å². The van der Waals surface area contributed by atoms with Crippen molar-refractivity contribution >= 4 is 11.6 Å². The Labute approximate surface area is 158 Å². The van der Waals surface area contributed by atoms with Crippen molar-refractivity contribution in [1.82, 2.24) is 4.90 Å². The Morgan fingerprint density at radius 2 is 1.77 bits per heavy atom. The van der Waals surface area contributed by atoms with E-state index in [0.29, 0.717) is 6.61 Å². The summed E-state index contributed by atoms with van der Waals surface area (Å²) in [5.74, 6) is 2.58. The number of hydrogen-bond donors (Lipinski definition) is 1. The molecule has 1 amide bonds. The summed E-state index contributed by atoms with van der Waals surface area (Å²) in [7, 11) is 0. The van der Waals surface area contributed by atoms with E-state index < -0.39 is 0 Å². The highest BCUT2D eigenvalue weighted by molar-refractivity contribution is 5.95. The van der Waals surface area contributed by atoms with Crippen molar-refractivity contribution in [1.29, 1.82) is 0 Å². The molecule has 0 unspecified atom stereocenters. The standard InChI is InChI=1S/C22H34N2O2/c1-17-14-18(2)16-24(15-17)12-13-26-20-8-6-19(7-9-20)23-21(25)22(3)10-4-5-11-22/h6-9,17-18H,4-5,10-16H2,1-3H3,(H,23,25)/t17-,18+. The molecule has 4 nitrogen and oxygen atoms in total. The van der Waals surface area contributed by atoms with Crippen LogP contribution in [0.2, 0.25) is 0 Å². The number of nitrogens with one attached hydrogen (secondary N) is 1. The lowest BCUT2D eigenvalue weighted by Crippen LogP contribution is -2.40. The zero-order valence-electron chi connectivity index (χ0n) is 16.6. The van der Waals surface area contributed by atoms with Crippen LogP contribution in [0.15, 0.2) is 24.3 Å². The Morgan fingerprint density at radius 3 is 2.38 bits per heavy atom. The van der Waals surface area contributed by atoms with Crippen LogP contribution in [-0.2, 0) is 4.79 Å². The van der Waals surface area contributed by atoms with Gasteiger partial charge in [-0.15, -0.1) is 0 Å². The average molecular weight is 359 g/mol. The quantitative estimate of drug-likeness (QED) is 0.810. The number of benzene rings is 1. The van der Waals surface area contributed by atoms with Crippen LogP contribution in [0.3, 0.4) is 0 Å². The molecule has 1 aromatic rings. The molecule has 1 N–H and O–H groups in total. The number of anilines is 1. The molecule has 0 spiro atoms. The fraction of sp³-hybridized carbons (Fsp3) is 0.682. The molecule has 0 aromatic heterocycles. The summed E-state index contributed by atoms with van der Waals surface area (Å²) in [6.07, 6.45) is 5.64. The summed E-state index contributed by atoms with van der Waals surface area (Å²) >= 11 is 0. The SMILES string of the molecule is C[C@@H]1C[C@H](C)CN(CCOc2ccc(NC(=O)C3(C)CCCC3)cc2)C1.